The summed E-state index contributed by atoms with van der Waals surface area (Å²) in [5.74, 6) is 0. The molecule has 0 heterocycles. The van der Waals surface area contributed by atoms with E-state index in [1.165, 1.54) is 11.6 Å². The molecule has 0 spiro atoms. The zero-order valence-corrected chi connectivity index (χ0v) is 6.42. The maximum Gasteiger partial charge on any atom is 0.0915 e. The Hall–Kier alpha value is -1.42. The lowest BCUT2D eigenvalue weighted by Crippen LogP contribution is -1.87. The van der Waals surface area contributed by atoms with Gasteiger partial charge in [-0.05, 0) is 24.4 Å². The summed E-state index contributed by atoms with van der Waals surface area (Å²) >= 11 is 0. The summed E-state index contributed by atoms with van der Waals surface area (Å²) in [6.07, 6.45) is 0. The average Bonchev–Trinajstić information content (AvgIpc) is 2.16. The maximum absolute atomic E-state index is 12.1. The summed E-state index contributed by atoms with van der Waals surface area (Å²) in [6.45, 7) is 3.16. The van der Waals surface area contributed by atoms with Gasteiger partial charge >= 0.3 is 0 Å². The molecule has 64 valence electrons. The Kier molecular flexibility index (Phi) is 2.76. The van der Waals surface area contributed by atoms with Gasteiger partial charge in [-0.25, -0.2) is 5.54 Å². The van der Waals surface area contributed by atoms with Crippen LogP contribution in [0.2, 0.25) is 0 Å². The molecule has 0 radical (unpaired) electrons. The third-order valence-corrected chi connectivity index (χ3v) is 1.52. The topological polar surface area (TPSA) is 44.6 Å². The molecular formula is C8H9FN2O. The van der Waals surface area contributed by atoms with Gasteiger partial charge in [0.15, 0.2) is 0 Å². The number of hydrogen-bond acceptors (Lipinski definition) is 3. The minimum absolute atomic E-state index is 0.119. The smallest absolute Gasteiger partial charge is 0.0915 e. The summed E-state index contributed by atoms with van der Waals surface area (Å²) in [7, 11) is 0. The second-order valence-electron chi connectivity index (χ2n) is 2.26. The molecule has 0 aliphatic heterocycles. The van der Waals surface area contributed by atoms with Crippen molar-refractivity contribution < 1.29 is 9.59 Å². The van der Waals surface area contributed by atoms with E-state index >= 15 is 0 Å². The molecule has 0 atom stereocenters. The number of benzene rings is 1. The minimum atomic E-state index is -0.119. The number of aliphatic hydroxyl groups is 1. The number of rotatable bonds is 3. The molecule has 0 saturated carbocycles. The van der Waals surface area contributed by atoms with Crippen LogP contribution in [0.4, 0.5) is 15.9 Å². The van der Waals surface area contributed by atoms with Gasteiger partial charge in [0, 0.05) is 0 Å². The highest BCUT2D eigenvalue weighted by Gasteiger charge is 2.00. The largest absolute Gasteiger partial charge is 0.392 e. The third-order valence-electron chi connectivity index (χ3n) is 1.52. The van der Waals surface area contributed by atoms with Crippen LogP contribution in [-0.4, -0.2) is 11.8 Å². The Morgan fingerprint density at radius 1 is 1.58 bits per heavy atom. The first kappa shape index (κ1) is 8.67. The molecular weight excluding hydrogens is 159 g/mol. The van der Waals surface area contributed by atoms with Crippen molar-refractivity contribution in [1.29, 1.82) is 0 Å². The third kappa shape index (κ3) is 1.60. The molecule has 0 aliphatic rings. The van der Waals surface area contributed by atoms with Crippen LogP contribution < -0.4 is 5.54 Å². The molecule has 1 aromatic carbocycles. The molecule has 0 fully saturated rings. The van der Waals surface area contributed by atoms with E-state index in [4.69, 9.17) is 5.11 Å². The van der Waals surface area contributed by atoms with Gasteiger partial charge in [-0.1, -0.05) is 6.07 Å². The molecule has 0 aromatic heterocycles. The lowest BCUT2D eigenvalue weighted by molar-refractivity contribution is 0.282. The molecule has 0 saturated heterocycles. The fourth-order valence-corrected chi connectivity index (χ4v) is 0.895. The van der Waals surface area contributed by atoms with Crippen LogP contribution in [0.3, 0.4) is 0 Å². The van der Waals surface area contributed by atoms with Gasteiger partial charge in [-0.3, -0.25) is 4.99 Å². The Morgan fingerprint density at radius 2 is 2.33 bits per heavy atom. The number of aliphatic hydroxyl groups excluding tert-OH is 1. The van der Waals surface area contributed by atoms with Crippen molar-refractivity contribution in [2.45, 2.75) is 6.61 Å². The predicted octanol–water partition coefficient (Wildman–Crippen LogP) is 1.81. The molecule has 0 unspecified atom stereocenters. The molecule has 0 amide bonds. The van der Waals surface area contributed by atoms with E-state index in [0.717, 1.165) is 0 Å². The van der Waals surface area contributed by atoms with Crippen LogP contribution in [0.5, 0.6) is 0 Å². The SMILES string of the molecule is C=Nc1ccc(CO)cc1NF. The number of anilines is 1. The Morgan fingerprint density at radius 3 is 2.83 bits per heavy atom. The Balaban J connectivity index is 3.10. The van der Waals surface area contributed by atoms with Crippen molar-refractivity contribution in [3.05, 3.63) is 23.8 Å². The van der Waals surface area contributed by atoms with E-state index in [0.29, 0.717) is 11.3 Å². The standard InChI is InChI=1S/C8H9FN2O/c1-10-7-3-2-6(5-12)4-8(7)11-9/h2-4,11-12H,1,5H2. The first-order chi connectivity index (χ1) is 5.81. The molecule has 1 aromatic rings. The van der Waals surface area contributed by atoms with Crippen molar-refractivity contribution in [3.63, 3.8) is 0 Å². The zero-order chi connectivity index (χ0) is 8.97. The predicted molar refractivity (Wildman–Crippen MR) is 46.3 cm³/mol. The highest BCUT2D eigenvalue weighted by Crippen LogP contribution is 2.25. The van der Waals surface area contributed by atoms with E-state index in [1.807, 2.05) is 0 Å². The summed E-state index contributed by atoms with van der Waals surface area (Å²) in [6, 6.07) is 4.72. The molecule has 2 N–H and O–H groups in total. The molecule has 3 nitrogen and oxygen atoms in total. The number of halogens is 1. The Labute approximate surface area is 69.5 Å². The summed E-state index contributed by atoms with van der Waals surface area (Å²) in [5.41, 5.74) is 2.75. The normalized spacial score (nSPS) is 9.50. The van der Waals surface area contributed by atoms with E-state index in [1.54, 1.807) is 12.1 Å². The molecule has 1 rings (SSSR count). The van der Waals surface area contributed by atoms with Crippen LogP contribution in [0.25, 0.3) is 0 Å². The fraction of sp³-hybridized carbons (Fsp3) is 0.125. The van der Waals surface area contributed by atoms with Gasteiger partial charge in [0.05, 0.1) is 18.0 Å². The molecule has 0 aliphatic carbocycles. The number of nitrogens with one attached hydrogen (secondary N) is 1. The van der Waals surface area contributed by atoms with Crippen LogP contribution in [0, 0.1) is 0 Å². The van der Waals surface area contributed by atoms with Gasteiger partial charge in [-0.15, -0.1) is 4.48 Å². The van der Waals surface area contributed by atoms with Crippen LogP contribution in [0.1, 0.15) is 5.56 Å². The van der Waals surface area contributed by atoms with Crippen LogP contribution in [-0.2, 0) is 6.61 Å². The van der Waals surface area contributed by atoms with E-state index in [2.05, 4.69) is 11.7 Å². The number of nitrogens with zero attached hydrogens (tertiary/aromatic N) is 1. The molecule has 12 heavy (non-hydrogen) atoms. The average molecular weight is 168 g/mol. The lowest BCUT2D eigenvalue weighted by Gasteiger charge is -2.03. The second-order valence-corrected chi connectivity index (χ2v) is 2.26. The zero-order valence-electron chi connectivity index (χ0n) is 6.42. The van der Waals surface area contributed by atoms with Gasteiger partial charge in [0.2, 0.25) is 0 Å². The van der Waals surface area contributed by atoms with Crippen LogP contribution in [0.15, 0.2) is 23.2 Å². The van der Waals surface area contributed by atoms with Crippen molar-refractivity contribution in [2.24, 2.45) is 4.99 Å². The quantitative estimate of drug-likeness (QED) is 0.534. The van der Waals surface area contributed by atoms with Crippen LogP contribution >= 0.6 is 0 Å². The van der Waals surface area contributed by atoms with Gasteiger partial charge in [0.1, 0.15) is 0 Å². The summed E-state index contributed by atoms with van der Waals surface area (Å²) < 4.78 is 12.1. The number of aliphatic imine (C=N–C) groups is 1. The van der Waals surface area contributed by atoms with Crippen molar-refractivity contribution in [3.8, 4) is 0 Å². The first-order valence-corrected chi connectivity index (χ1v) is 3.39. The first-order valence-electron chi connectivity index (χ1n) is 3.39. The highest BCUT2D eigenvalue weighted by molar-refractivity contribution is 5.67. The monoisotopic (exact) mass is 168 g/mol. The fourth-order valence-electron chi connectivity index (χ4n) is 0.895. The van der Waals surface area contributed by atoms with Gasteiger partial charge < -0.3 is 5.11 Å². The maximum atomic E-state index is 12.1. The van der Waals surface area contributed by atoms with Crippen molar-refractivity contribution in [2.75, 3.05) is 5.54 Å². The van der Waals surface area contributed by atoms with Crippen molar-refractivity contribution >= 4 is 18.1 Å². The molecule has 0 bridgehead atoms. The highest BCUT2D eigenvalue weighted by atomic mass is 19.2. The van der Waals surface area contributed by atoms with E-state index in [-0.39, 0.29) is 12.3 Å². The summed E-state index contributed by atoms with van der Waals surface area (Å²) in [4.78, 5) is 3.58. The number of hydrogen-bond donors (Lipinski definition) is 2. The lowest BCUT2D eigenvalue weighted by atomic mass is 10.2. The molecule has 4 heteroatoms. The van der Waals surface area contributed by atoms with E-state index in [9.17, 15) is 4.48 Å². The summed E-state index contributed by atoms with van der Waals surface area (Å²) in [5, 5.41) is 8.72. The van der Waals surface area contributed by atoms with Crippen molar-refractivity contribution in [1.82, 2.24) is 0 Å². The second kappa shape index (κ2) is 3.82. The minimum Gasteiger partial charge on any atom is -0.392 e. The van der Waals surface area contributed by atoms with E-state index < -0.39 is 0 Å². The van der Waals surface area contributed by atoms with Gasteiger partial charge in [0.25, 0.3) is 0 Å². The Bertz CT molecular complexity index is 288. The van der Waals surface area contributed by atoms with Gasteiger partial charge in [-0.2, -0.15) is 0 Å².